The second kappa shape index (κ2) is 13.4. The van der Waals surface area contributed by atoms with Crippen molar-refractivity contribution in [3.63, 3.8) is 0 Å². The molecule has 1 N–H and O–H groups in total. The summed E-state index contributed by atoms with van der Waals surface area (Å²) in [4.78, 5) is 68.3. The van der Waals surface area contributed by atoms with Gasteiger partial charge in [-0.3, -0.25) is 24.0 Å². The maximum absolute atomic E-state index is 13.4. The molecule has 1 aromatic rings. The fourth-order valence-corrected chi connectivity index (χ4v) is 4.54. The second-order valence-corrected chi connectivity index (χ2v) is 9.60. The molecule has 2 aliphatic heterocycles. The Morgan fingerprint density at radius 3 is 2.30 bits per heavy atom. The van der Waals surface area contributed by atoms with E-state index in [0.717, 1.165) is 32.3 Å². The van der Waals surface area contributed by atoms with Crippen molar-refractivity contribution in [2.75, 3.05) is 18.1 Å². The van der Waals surface area contributed by atoms with Gasteiger partial charge in [-0.05, 0) is 25.5 Å². The first-order valence-electron chi connectivity index (χ1n) is 13.0. The Bertz CT molecular complexity index is 1180. The molecule has 13 heteroatoms. The summed E-state index contributed by atoms with van der Waals surface area (Å²) < 4.78 is 21.9. The molecule has 40 heavy (non-hydrogen) atoms. The molecule has 0 bridgehead atoms. The maximum Gasteiger partial charge on any atom is 0.303 e. The van der Waals surface area contributed by atoms with Crippen molar-refractivity contribution in [3.8, 4) is 0 Å². The van der Waals surface area contributed by atoms with E-state index >= 15 is 0 Å². The van der Waals surface area contributed by atoms with Crippen LogP contribution in [0.15, 0.2) is 23.4 Å². The number of unbranched alkanes of at least 4 members (excludes halogenated alkanes) is 1. The molecule has 5 atom stereocenters. The molecule has 0 aliphatic carbocycles. The number of oxime groups is 1. The summed E-state index contributed by atoms with van der Waals surface area (Å²) in [6.45, 7) is 8.70. The van der Waals surface area contributed by atoms with Crippen LogP contribution in [0.25, 0.3) is 0 Å². The van der Waals surface area contributed by atoms with Gasteiger partial charge in [-0.25, -0.2) is 0 Å². The van der Waals surface area contributed by atoms with Crippen molar-refractivity contribution >= 4 is 41.1 Å². The largest absolute Gasteiger partial charge is 0.463 e. The Balaban J connectivity index is 2.02. The molecule has 3 rings (SSSR count). The Hall–Kier alpha value is -4.00. The monoisotopic (exact) mass is 561 g/mol. The van der Waals surface area contributed by atoms with Crippen LogP contribution >= 0.6 is 0 Å². The lowest BCUT2D eigenvalue weighted by atomic mass is 9.96. The van der Waals surface area contributed by atoms with Gasteiger partial charge in [0.25, 0.3) is 12.2 Å². The van der Waals surface area contributed by atoms with Gasteiger partial charge in [0.15, 0.2) is 17.9 Å². The smallest absolute Gasteiger partial charge is 0.303 e. The van der Waals surface area contributed by atoms with Crippen LogP contribution in [0, 0.1) is 6.92 Å². The topological polar surface area (TPSA) is 159 Å². The van der Waals surface area contributed by atoms with Gasteiger partial charge in [-0.15, -0.1) is 0 Å². The van der Waals surface area contributed by atoms with Crippen LogP contribution in [0.2, 0.25) is 0 Å². The third-order valence-electron chi connectivity index (χ3n) is 6.20. The Morgan fingerprint density at radius 2 is 1.70 bits per heavy atom. The van der Waals surface area contributed by atoms with E-state index in [1.165, 1.54) is 13.8 Å². The zero-order chi connectivity index (χ0) is 29.6. The van der Waals surface area contributed by atoms with Gasteiger partial charge in [0.05, 0.1) is 5.69 Å². The number of rotatable bonds is 10. The molecule has 2 aliphatic rings. The van der Waals surface area contributed by atoms with Gasteiger partial charge >= 0.3 is 17.9 Å². The van der Waals surface area contributed by atoms with Crippen LogP contribution in [0.3, 0.4) is 0 Å². The minimum atomic E-state index is -1.43. The Kier molecular flexibility index (Phi) is 10.2. The molecule has 0 spiro atoms. The highest BCUT2D eigenvalue weighted by Crippen LogP contribution is 2.32. The SMILES string of the molecule is CCCCN1C(=O)/C(=N\O[C@@H]2O[C@@H](COC(C)=O)[C@@H](OC(C)=O)[C@@H](OC(C)=O)[C@@H]2NC(C)=O)c2cc(C)ccc21. The van der Waals surface area contributed by atoms with E-state index in [4.69, 9.17) is 23.8 Å². The highest BCUT2D eigenvalue weighted by Gasteiger charge is 2.52. The second-order valence-electron chi connectivity index (χ2n) is 9.60. The minimum Gasteiger partial charge on any atom is -0.463 e. The molecule has 0 radical (unpaired) electrons. The number of fused-ring (bicyclic) bond motifs is 1. The Morgan fingerprint density at radius 1 is 1.02 bits per heavy atom. The molecule has 218 valence electrons. The summed E-state index contributed by atoms with van der Waals surface area (Å²) in [5.41, 5.74) is 2.19. The van der Waals surface area contributed by atoms with E-state index in [0.29, 0.717) is 17.8 Å². The van der Waals surface area contributed by atoms with Gasteiger partial charge in [0.2, 0.25) is 5.91 Å². The molecule has 1 fully saturated rings. The lowest BCUT2D eigenvalue weighted by Gasteiger charge is -2.43. The van der Waals surface area contributed by atoms with Crippen molar-refractivity contribution in [1.82, 2.24) is 5.32 Å². The summed E-state index contributed by atoms with van der Waals surface area (Å²) in [7, 11) is 0. The molecular weight excluding hydrogens is 526 g/mol. The molecule has 0 aromatic heterocycles. The molecule has 0 unspecified atom stereocenters. The van der Waals surface area contributed by atoms with Crippen LogP contribution < -0.4 is 10.2 Å². The van der Waals surface area contributed by atoms with Gasteiger partial charge in [0, 0.05) is 39.8 Å². The zero-order valence-corrected chi connectivity index (χ0v) is 23.4. The number of carbonyl (C=O) groups is 5. The summed E-state index contributed by atoms with van der Waals surface area (Å²) in [6, 6.07) is 4.34. The predicted molar refractivity (Wildman–Crippen MR) is 140 cm³/mol. The number of nitrogens with one attached hydrogen (secondary N) is 1. The fourth-order valence-electron chi connectivity index (χ4n) is 4.54. The number of amides is 2. The number of carbonyl (C=O) groups excluding carboxylic acids is 5. The highest BCUT2D eigenvalue weighted by atomic mass is 16.8. The van der Waals surface area contributed by atoms with Crippen LogP contribution in [0.5, 0.6) is 0 Å². The van der Waals surface area contributed by atoms with E-state index in [-0.39, 0.29) is 18.2 Å². The van der Waals surface area contributed by atoms with Crippen LogP contribution in [-0.4, -0.2) is 79.2 Å². The van der Waals surface area contributed by atoms with Gasteiger partial charge in [-0.1, -0.05) is 30.1 Å². The van der Waals surface area contributed by atoms with Gasteiger partial charge < -0.3 is 34.0 Å². The molecule has 13 nitrogen and oxygen atoms in total. The quantitative estimate of drug-likeness (QED) is 0.252. The summed E-state index contributed by atoms with van der Waals surface area (Å²) in [6.07, 6.45) is -3.51. The molecule has 0 saturated carbocycles. The highest BCUT2D eigenvalue weighted by molar-refractivity contribution is 6.54. The summed E-state index contributed by atoms with van der Waals surface area (Å²) in [5.74, 6) is -3.00. The minimum absolute atomic E-state index is 0.0302. The summed E-state index contributed by atoms with van der Waals surface area (Å²) >= 11 is 0. The number of anilines is 1. The standard InChI is InChI=1S/C27H35N3O10/c1-7-8-11-30-20-10-9-14(2)12-19(20)22(26(30)35)29-40-27-23(28-15(3)31)25(38-18(6)34)24(37-17(5)33)21(39-27)13-36-16(4)32/h9-10,12,21,23-25,27H,7-8,11,13H2,1-6H3,(H,28,31)/b29-22-/t21-,23-,24+,25-,27-/m0/s1. The first-order valence-corrected chi connectivity index (χ1v) is 13.0. The van der Waals surface area contributed by atoms with Gasteiger partial charge in [0.1, 0.15) is 18.8 Å². The number of ether oxygens (including phenoxy) is 4. The molecular formula is C27H35N3O10. The molecule has 2 heterocycles. The van der Waals surface area contributed by atoms with E-state index in [9.17, 15) is 24.0 Å². The van der Waals surface area contributed by atoms with Gasteiger partial charge in [-0.2, -0.15) is 0 Å². The number of hydrogen-bond acceptors (Lipinski definition) is 11. The van der Waals surface area contributed by atoms with E-state index in [1.807, 2.05) is 32.0 Å². The third-order valence-corrected chi connectivity index (χ3v) is 6.20. The lowest BCUT2D eigenvalue weighted by molar-refractivity contribution is -0.278. The fraction of sp³-hybridized carbons (Fsp3) is 0.556. The van der Waals surface area contributed by atoms with Crippen LogP contribution in [0.1, 0.15) is 58.6 Å². The molecule has 1 aromatic carbocycles. The van der Waals surface area contributed by atoms with Crippen molar-refractivity contribution < 1.29 is 47.8 Å². The number of aryl methyl sites for hydroxylation is 1. The van der Waals surface area contributed by atoms with Crippen molar-refractivity contribution in [2.45, 2.75) is 85.0 Å². The van der Waals surface area contributed by atoms with Crippen LogP contribution in [0.4, 0.5) is 5.69 Å². The van der Waals surface area contributed by atoms with E-state index < -0.39 is 54.5 Å². The normalized spacial score (nSPS) is 24.8. The first kappa shape index (κ1) is 30.5. The van der Waals surface area contributed by atoms with Crippen LogP contribution in [-0.2, 0) is 47.8 Å². The number of hydrogen-bond donors (Lipinski definition) is 1. The number of benzene rings is 1. The number of esters is 3. The molecule has 2 amide bonds. The first-order chi connectivity index (χ1) is 18.9. The van der Waals surface area contributed by atoms with E-state index in [2.05, 4.69) is 10.5 Å². The number of nitrogens with zero attached hydrogens (tertiary/aromatic N) is 2. The predicted octanol–water partition coefficient (Wildman–Crippen LogP) is 1.52. The van der Waals surface area contributed by atoms with Crippen molar-refractivity contribution in [2.24, 2.45) is 5.16 Å². The lowest BCUT2D eigenvalue weighted by Crippen LogP contribution is -2.66. The summed E-state index contributed by atoms with van der Waals surface area (Å²) in [5, 5.41) is 6.75. The zero-order valence-electron chi connectivity index (χ0n) is 23.4. The molecule has 1 saturated heterocycles. The van der Waals surface area contributed by atoms with Crippen molar-refractivity contribution in [3.05, 3.63) is 29.3 Å². The van der Waals surface area contributed by atoms with E-state index in [1.54, 1.807) is 4.90 Å². The average molecular weight is 562 g/mol. The average Bonchev–Trinajstić information content (AvgIpc) is 3.11. The third kappa shape index (κ3) is 7.34. The Labute approximate surface area is 232 Å². The van der Waals surface area contributed by atoms with Crippen molar-refractivity contribution in [1.29, 1.82) is 0 Å². The maximum atomic E-state index is 13.4.